The van der Waals surface area contributed by atoms with Crippen molar-refractivity contribution in [3.63, 3.8) is 0 Å². The van der Waals surface area contributed by atoms with Crippen LogP contribution in [0, 0.1) is 17.1 Å². The summed E-state index contributed by atoms with van der Waals surface area (Å²) in [7, 11) is 1.64. The number of hydrogen-bond acceptors (Lipinski definition) is 3. The summed E-state index contributed by atoms with van der Waals surface area (Å²) in [5.74, 6) is -1.14. The molecular weight excluding hydrogens is 369 g/mol. The maximum absolute atomic E-state index is 13.3. The average Bonchev–Trinajstić information content (AvgIpc) is 2.74. The van der Waals surface area contributed by atoms with Crippen LogP contribution in [0.4, 0.5) is 4.39 Å². The van der Waals surface area contributed by atoms with Crippen molar-refractivity contribution in [2.45, 2.75) is 44.2 Å². The minimum absolute atomic E-state index is 0.200. The number of carbonyl (C=O) groups is 2. The Hall–Kier alpha value is -3.20. The van der Waals surface area contributed by atoms with E-state index in [0.29, 0.717) is 18.4 Å². The number of benzene rings is 2. The van der Waals surface area contributed by atoms with E-state index in [4.69, 9.17) is 0 Å². The van der Waals surface area contributed by atoms with Gasteiger partial charge >= 0.3 is 0 Å². The molecule has 0 aromatic heterocycles. The molecule has 6 heteroatoms. The van der Waals surface area contributed by atoms with Gasteiger partial charge < -0.3 is 10.2 Å². The predicted octanol–water partition coefficient (Wildman–Crippen LogP) is 3.15. The molecule has 29 heavy (non-hydrogen) atoms. The number of nitriles is 1. The van der Waals surface area contributed by atoms with Gasteiger partial charge in [0.25, 0.3) is 0 Å². The summed E-state index contributed by atoms with van der Waals surface area (Å²) in [5, 5.41) is 12.3. The van der Waals surface area contributed by atoms with E-state index >= 15 is 0 Å². The summed E-state index contributed by atoms with van der Waals surface area (Å²) in [5.41, 5.74) is 0.956. The zero-order chi connectivity index (χ0) is 21.2. The lowest BCUT2D eigenvalue weighted by Crippen LogP contribution is -2.71. The molecule has 0 radical (unpaired) electrons. The predicted molar refractivity (Wildman–Crippen MR) is 107 cm³/mol. The number of piperazine rings is 1. The second-order valence-electron chi connectivity index (χ2n) is 7.52. The van der Waals surface area contributed by atoms with Crippen molar-refractivity contribution in [1.82, 2.24) is 10.2 Å². The number of amides is 2. The Balaban J connectivity index is 1.91. The molecule has 0 spiro atoms. The maximum Gasteiger partial charge on any atom is 0.246 e. The molecule has 5 nitrogen and oxygen atoms in total. The highest BCUT2D eigenvalue weighted by Crippen LogP contribution is 2.33. The lowest BCUT2D eigenvalue weighted by atomic mass is 9.80. The fourth-order valence-corrected chi connectivity index (χ4v) is 4.09. The van der Waals surface area contributed by atoms with Gasteiger partial charge in [0, 0.05) is 19.4 Å². The van der Waals surface area contributed by atoms with Crippen LogP contribution in [0.25, 0.3) is 0 Å². The molecule has 1 fully saturated rings. The average molecular weight is 393 g/mol. The molecule has 1 aliphatic heterocycles. The van der Waals surface area contributed by atoms with Gasteiger partial charge in [0.2, 0.25) is 11.8 Å². The van der Waals surface area contributed by atoms with Crippen LogP contribution in [-0.4, -0.2) is 35.3 Å². The van der Waals surface area contributed by atoms with Crippen LogP contribution in [-0.2, 0) is 16.0 Å². The molecule has 2 aromatic rings. The molecule has 3 unspecified atom stereocenters. The van der Waals surface area contributed by atoms with E-state index < -0.39 is 11.6 Å². The third-order valence-electron chi connectivity index (χ3n) is 6.01. The van der Waals surface area contributed by atoms with Crippen molar-refractivity contribution in [3.8, 4) is 6.07 Å². The van der Waals surface area contributed by atoms with E-state index in [-0.39, 0.29) is 23.5 Å². The summed E-state index contributed by atoms with van der Waals surface area (Å²) in [6, 6.07) is 14.5. The summed E-state index contributed by atoms with van der Waals surface area (Å²) >= 11 is 0. The van der Waals surface area contributed by atoms with Crippen molar-refractivity contribution in [1.29, 1.82) is 5.26 Å². The SMILES string of the molecule is CCC1(Cc2ccc(F)cc2)C(=O)NC(C(C)c2ccccc2C#N)C(=O)N1C. The standard InChI is InChI=1S/C23H24FN3O2/c1-4-23(13-16-9-11-18(24)12-10-16)22(29)26-20(21(28)27(23)3)15(2)19-8-6-5-7-17(19)14-25/h5-12,15,20H,4,13H2,1-3H3,(H,26,29). The Morgan fingerprint density at radius 3 is 2.48 bits per heavy atom. The lowest BCUT2D eigenvalue weighted by Gasteiger charge is -2.47. The summed E-state index contributed by atoms with van der Waals surface area (Å²) in [6.45, 7) is 3.70. The quantitative estimate of drug-likeness (QED) is 0.848. The molecule has 0 aliphatic carbocycles. The van der Waals surface area contributed by atoms with Crippen molar-refractivity contribution < 1.29 is 14.0 Å². The molecule has 1 aliphatic rings. The third kappa shape index (κ3) is 3.61. The van der Waals surface area contributed by atoms with Crippen LogP contribution >= 0.6 is 0 Å². The van der Waals surface area contributed by atoms with Crippen LogP contribution in [0.3, 0.4) is 0 Å². The number of nitrogens with one attached hydrogen (secondary N) is 1. The van der Waals surface area contributed by atoms with Gasteiger partial charge in [-0.3, -0.25) is 9.59 Å². The first-order valence-electron chi connectivity index (χ1n) is 9.66. The van der Waals surface area contributed by atoms with Gasteiger partial charge in [0.1, 0.15) is 17.4 Å². The molecule has 1 N–H and O–H groups in total. The van der Waals surface area contributed by atoms with E-state index in [1.165, 1.54) is 17.0 Å². The van der Waals surface area contributed by atoms with Gasteiger partial charge in [0.05, 0.1) is 11.6 Å². The smallest absolute Gasteiger partial charge is 0.246 e. The Kier molecular flexibility index (Phi) is 5.69. The van der Waals surface area contributed by atoms with Gasteiger partial charge in [-0.15, -0.1) is 0 Å². The number of carbonyl (C=O) groups excluding carboxylic acids is 2. The number of hydrogen-bond donors (Lipinski definition) is 1. The van der Waals surface area contributed by atoms with Crippen LogP contribution < -0.4 is 5.32 Å². The Bertz CT molecular complexity index is 967. The summed E-state index contributed by atoms with van der Waals surface area (Å²) < 4.78 is 13.3. The van der Waals surface area contributed by atoms with E-state index in [0.717, 1.165) is 11.1 Å². The van der Waals surface area contributed by atoms with Crippen molar-refractivity contribution in [2.75, 3.05) is 7.05 Å². The molecule has 2 aromatic carbocycles. The first kappa shape index (κ1) is 20.5. The molecule has 3 rings (SSSR count). The Morgan fingerprint density at radius 2 is 1.86 bits per heavy atom. The van der Waals surface area contributed by atoms with E-state index in [1.807, 2.05) is 26.0 Å². The fourth-order valence-electron chi connectivity index (χ4n) is 4.09. The second kappa shape index (κ2) is 8.04. The second-order valence-corrected chi connectivity index (χ2v) is 7.52. The number of rotatable bonds is 5. The maximum atomic E-state index is 13.3. The van der Waals surface area contributed by atoms with Crippen molar-refractivity contribution in [2.24, 2.45) is 0 Å². The Morgan fingerprint density at radius 1 is 1.21 bits per heavy atom. The molecule has 1 heterocycles. The summed E-state index contributed by atoms with van der Waals surface area (Å²) in [4.78, 5) is 28.0. The zero-order valence-corrected chi connectivity index (χ0v) is 16.8. The minimum Gasteiger partial charge on any atom is -0.342 e. The molecule has 0 saturated carbocycles. The molecule has 3 atom stereocenters. The van der Waals surface area contributed by atoms with E-state index in [1.54, 1.807) is 31.3 Å². The van der Waals surface area contributed by atoms with Crippen molar-refractivity contribution in [3.05, 3.63) is 71.0 Å². The van der Waals surface area contributed by atoms with E-state index in [9.17, 15) is 19.2 Å². The van der Waals surface area contributed by atoms with Crippen LogP contribution in [0.5, 0.6) is 0 Å². The molecule has 0 bridgehead atoms. The highest BCUT2D eigenvalue weighted by atomic mass is 19.1. The molecular formula is C23H24FN3O2. The highest BCUT2D eigenvalue weighted by Gasteiger charge is 2.51. The topological polar surface area (TPSA) is 73.2 Å². The largest absolute Gasteiger partial charge is 0.342 e. The van der Waals surface area contributed by atoms with Crippen LogP contribution in [0.15, 0.2) is 48.5 Å². The lowest BCUT2D eigenvalue weighted by molar-refractivity contribution is -0.156. The van der Waals surface area contributed by atoms with Gasteiger partial charge in [-0.2, -0.15) is 5.26 Å². The van der Waals surface area contributed by atoms with Crippen LogP contribution in [0.2, 0.25) is 0 Å². The van der Waals surface area contributed by atoms with Crippen LogP contribution in [0.1, 0.15) is 42.9 Å². The third-order valence-corrected chi connectivity index (χ3v) is 6.01. The van der Waals surface area contributed by atoms with Gasteiger partial charge in [-0.1, -0.05) is 44.2 Å². The Labute approximate surface area is 170 Å². The molecule has 1 saturated heterocycles. The first-order valence-corrected chi connectivity index (χ1v) is 9.66. The summed E-state index contributed by atoms with van der Waals surface area (Å²) in [6.07, 6.45) is 0.724. The number of nitrogens with zero attached hydrogens (tertiary/aromatic N) is 2. The monoisotopic (exact) mass is 393 g/mol. The molecule has 2 amide bonds. The number of halogens is 1. The minimum atomic E-state index is -1.04. The number of likely N-dealkylation sites (N-methyl/N-ethyl adjacent to an activating group) is 1. The van der Waals surface area contributed by atoms with Gasteiger partial charge in [-0.25, -0.2) is 4.39 Å². The molecule has 150 valence electrons. The fraction of sp³-hybridized carbons (Fsp3) is 0.348. The first-order chi connectivity index (χ1) is 13.8. The highest BCUT2D eigenvalue weighted by molar-refractivity contribution is 6.00. The normalized spacial score (nSPS) is 22.7. The van der Waals surface area contributed by atoms with Gasteiger partial charge in [-0.05, 0) is 35.7 Å². The van der Waals surface area contributed by atoms with E-state index in [2.05, 4.69) is 11.4 Å². The van der Waals surface area contributed by atoms with Gasteiger partial charge in [0.15, 0.2) is 0 Å². The van der Waals surface area contributed by atoms with Crippen molar-refractivity contribution >= 4 is 11.8 Å². The zero-order valence-electron chi connectivity index (χ0n) is 16.8.